The number of hydrogen-bond acceptors (Lipinski definition) is 6. The summed E-state index contributed by atoms with van der Waals surface area (Å²) in [6.45, 7) is 0. The van der Waals surface area contributed by atoms with Crippen LogP contribution in [0.2, 0.25) is 5.02 Å². The summed E-state index contributed by atoms with van der Waals surface area (Å²) in [5, 5.41) is 33.5. The molecule has 0 amide bonds. The monoisotopic (exact) mass is 295 g/mol. The molecule has 0 spiro atoms. The average Bonchev–Trinajstić information content (AvgIpc) is 3.01. The van der Waals surface area contributed by atoms with E-state index >= 15 is 0 Å². The molecule has 1 heterocycles. The highest BCUT2D eigenvalue weighted by Crippen LogP contribution is 2.24. The van der Waals surface area contributed by atoms with E-state index < -0.39 is 0 Å². The third kappa shape index (κ3) is 2.98. The van der Waals surface area contributed by atoms with Crippen LogP contribution in [0.15, 0.2) is 42.1 Å². The van der Waals surface area contributed by atoms with E-state index in [9.17, 15) is 0 Å². The molecule has 0 aliphatic carbocycles. The summed E-state index contributed by atoms with van der Waals surface area (Å²) in [7, 11) is 0. The summed E-state index contributed by atoms with van der Waals surface area (Å²) >= 11 is 6.14. The van der Waals surface area contributed by atoms with E-state index in [4.69, 9.17) is 27.4 Å². The molecule has 1 N–H and O–H groups in total. The van der Waals surface area contributed by atoms with E-state index in [1.54, 1.807) is 36.4 Å². The molecule has 1 aromatic heterocycles. The summed E-state index contributed by atoms with van der Waals surface area (Å²) < 4.78 is 1.49. The molecule has 7 nitrogen and oxygen atoms in total. The molecule has 0 aliphatic heterocycles. The second-order valence-corrected chi connectivity index (χ2v) is 4.12. The van der Waals surface area contributed by atoms with Crippen molar-refractivity contribution in [3.05, 3.63) is 47.1 Å². The number of aromatic nitrogens is 3. The summed E-state index contributed by atoms with van der Waals surface area (Å²) in [5.74, 6) is 0. The molecule has 1 aromatic carbocycles. The fourth-order valence-corrected chi connectivity index (χ4v) is 1.80. The zero-order valence-electron chi connectivity index (χ0n) is 10.4. The highest BCUT2D eigenvalue weighted by Gasteiger charge is 2.09. The fourth-order valence-electron chi connectivity index (χ4n) is 1.53. The Labute approximate surface area is 124 Å². The van der Waals surface area contributed by atoms with Gasteiger partial charge in [-0.15, -0.1) is 0 Å². The quantitative estimate of drug-likeness (QED) is 0.868. The first-order chi connectivity index (χ1) is 10.2. The van der Waals surface area contributed by atoms with Crippen LogP contribution < -0.4 is 5.32 Å². The molecule has 2 rings (SSSR count). The van der Waals surface area contributed by atoms with Crippen molar-refractivity contribution in [1.82, 2.24) is 14.8 Å². The van der Waals surface area contributed by atoms with Crippen LogP contribution in [-0.4, -0.2) is 14.8 Å². The van der Waals surface area contributed by atoms with Crippen molar-refractivity contribution in [3.63, 3.8) is 0 Å². The summed E-state index contributed by atoms with van der Waals surface area (Å²) in [6, 6.07) is 9.94. The lowest BCUT2D eigenvalue weighted by Crippen LogP contribution is -2.02. The Morgan fingerprint density at radius 3 is 2.48 bits per heavy atom. The SMILES string of the molecule is N#CC(C#N)=C(C#N)Nc1ccc(-n2cncn2)c(Cl)c1. The number of halogens is 1. The highest BCUT2D eigenvalue weighted by atomic mass is 35.5. The van der Waals surface area contributed by atoms with E-state index in [2.05, 4.69) is 15.4 Å². The maximum absolute atomic E-state index is 8.97. The van der Waals surface area contributed by atoms with E-state index in [-0.39, 0.29) is 11.3 Å². The number of nitriles is 3. The van der Waals surface area contributed by atoms with Crippen molar-refractivity contribution in [2.45, 2.75) is 0 Å². The van der Waals surface area contributed by atoms with E-state index in [0.717, 1.165) is 0 Å². The van der Waals surface area contributed by atoms with E-state index in [1.807, 2.05) is 0 Å². The van der Waals surface area contributed by atoms with E-state index in [0.29, 0.717) is 16.4 Å². The zero-order valence-corrected chi connectivity index (χ0v) is 11.2. The molecule has 8 heteroatoms. The van der Waals surface area contributed by atoms with Gasteiger partial charge in [-0.05, 0) is 18.2 Å². The second-order valence-electron chi connectivity index (χ2n) is 3.72. The van der Waals surface area contributed by atoms with Crippen molar-refractivity contribution in [2.75, 3.05) is 5.32 Å². The molecule has 0 aliphatic rings. The Morgan fingerprint density at radius 1 is 1.19 bits per heavy atom. The van der Waals surface area contributed by atoms with Crippen molar-refractivity contribution in [1.29, 1.82) is 15.8 Å². The Balaban J connectivity index is 2.35. The minimum atomic E-state index is -0.297. The number of nitrogens with zero attached hydrogens (tertiary/aromatic N) is 6. The van der Waals surface area contributed by atoms with Gasteiger partial charge in [0.1, 0.15) is 36.6 Å². The summed E-state index contributed by atoms with van der Waals surface area (Å²) in [5.41, 5.74) is 0.657. The largest absolute Gasteiger partial charge is 0.345 e. The first-order valence-electron chi connectivity index (χ1n) is 5.55. The van der Waals surface area contributed by atoms with E-state index in [1.165, 1.54) is 17.3 Å². The van der Waals surface area contributed by atoms with Crippen LogP contribution in [0, 0.1) is 34.0 Å². The Hall–Kier alpha value is -3.34. The Morgan fingerprint density at radius 2 is 1.95 bits per heavy atom. The molecule has 100 valence electrons. The van der Waals surface area contributed by atoms with Crippen LogP contribution in [0.1, 0.15) is 0 Å². The van der Waals surface area contributed by atoms with Crippen LogP contribution in [0.25, 0.3) is 5.69 Å². The predicted octanol–water partition coefficient (Wildman–Crippen LogP) is 2.16. The zero-order chi connectivity index (χ0) is 15.2. The average molecular weight is 296 g/mol. The van der Waals surface area contributed by atoms with Gasteiger partial charge >= 0.3 is 0 Å². The molecule has 21 heavy (non-hydrogen) atoms. The molecule has 0 bridgehead atoms. The van der Waals surface area contributed by atoms with Crippen molar-refractivity contribution in [2.24, 2.45) is 0 Å². The summed E-state index contributed by atoms with van der Waals surface area (Å²) in [6.07, 6.45) is 2.88. The molecular formula is C13H6ClN7. The smallest absolute Gasteiger partial charge is 0.163 e. The molecule has 0 radical (unpaired) electrons. The van der Waals surface area contributed by atoms with Gasteiger partial charge in [-0.3, -0.25) is 0 Å². The third-order valence-electron chi connectivity index (χ3n) is 2.47. The number of benzene rings is 1. The van der Waals surface area contributed by atoms with Gasteiger partial charge in [-0.2, -0.15) is 20.9 Å². The first kappa shape index (κ1) is 14.1. The van der Waals surface area contributed by atoms with Gasteiger partial charge in [0.15, 0.2) is 5.57 Å². The van der Waals surface area contributed by atoms with Gasteiger partial charge in [-0.25, -0.2) is 9.67 Å². The van der Waals surface area contributed by atoms with Gasteiger partial charge < -0.3 is 5.32 Å². The Kier molecular flexibility index (Phi) is 4.16. The predicted molar refractivity (Wildman–Crippen MR) is 73.9 cm³/mol. The fraction of sp³-hybridized carbons (Fsp3) is 0. The molecule has 2 aromatic rings. The number of anilines is 1. The maximum Gasteiger partial charge on any atom is 0.163 e. The molecule has 0 saturated carbocycles. The van der Waals surface area contributed by atoms with Gasteiger partial charge in [0.2, 0.25) is 0 Å². The number of nitrogens with one attached hydrogen (secondary N) is 1. The lowest BCUT2D eigenvalue weighted by molar-refractivity contribution is 0.879. The van der Waals surface area contributed by atoms with Gasteiger partial charge in [0.25, 0.3) is 0 Å². The van der Waals surface area contributed by atoms with Crippen LogP contribution in [-0.2, 0) is 0 Å². The molecule has 0 unspecified atom stereocenters. The molecule has 0 saturated heterocycles. The number of allylic oxidation sites excluding steroid dienone is 2. The topological polar surface area (TPSA) is 114 Å². The second kappa shape index (κ2) is 6.21. The van der Waals surface area contributed by atoms with Gasteiger partial charge in [0.05, 0.1) is 10.7 Å². The van der Waals surface area contributed by atoms with Crippen LogP contribution >= 0.6 is 11.6 Å². The number of hydrogen-bond donors (Lipinski definition) is 1. The van der Waals surface area contributed by atoms with Crippen molar-refractivity contribution >= 4 is 17.3 Å². The van der Waals surface area contributed by atoms with Gasteiger partial charge in [0, 0.05) is 5.69 Å². The lowest BCUT2D eigenvalue weighted by atomic mass is 10.2. The minimum Gasteiger partial charge on any atom is -0.345 e. The minimum absolute atomic E-state index is 0.135. The summed E-state index contributed by atoms with van der Waals surface area (Å²) in [4.78, 5) is 3.82. The molecular weight excluding hydrogens is 290 g/mol. The maximum atomic E-state index is 8.97. The van der Waals surface area contributed by atoms with Gasteiger partial charge in [-0.1, -0.05) is 11.6 Å². The van der Waals surface area contributed by atoms with Crippen LogP contribution in [0.3, 0.4) is 0 Å². The third-order valence-corrected chi connectivity index (χ3v) is 2.77. The van der Waals surface area contributed by atoms with Crippen molar-refractivity contribution in [3.8, 4) is 23.9 Å². The number of rotatable bonds is 3. The first-order valence-corrected chi connectivity index (χ1v) is 5.93. The van der Waals surface area contributed by atoms with Crippen LogP contribution in [0.4, 0.5) is 5.69 Å². The van der Waals surface area contributed by atoms with Crippen LogP contribution in [0.5, 0.6) is 0 Å². The van der Waals surface area contributed by atoms with Crippen molar-refractivity contribution < 1.29 is 0 Å². The molecule has 0 fully saturated rings. The lowest BCUT2D eigenvalue weighted by Gasteiger charge is -2.08. The Bertz CT molecular complexity index is 800. The standard InChI is InChI=1S/C13H6ClN7/c14-11-3-10(20-12(6-17)9(4-15)5-16)1-2-13(11)21-8-18-7-19-21/h1-3,7-8,20H. The molecule has 0 atom stereocenters. The highest BCUT2D eigenvalue weighted by molar-refractivity contribution is 6.32. The normalized spacial score (nSPS) is 9.05.